The lowest BCUT2D eigenvalue weighted by Crippen LogP contribution is -2.39. The number of imidazole rings is 1. The summed E-state index contributed by atoms with van der Waals surface area (Å²) in [7, 11) is 1.92. The molecule has 4 rings (SSSR count). The second kappa shape index (κ2) is 7.50. The van der Waals surface area contributed by atoms with Crippen molar-refractivity contribution in [2.75, 3.05) is 6.54 Å². The fourth-order valence-electron chi connectivity index (χ4n) is 3.76. The quantitative estimate of drug-likeness (QED) is 0.696. The molecular formula is C21H22FN5O. The van der Waals surface area contributed by atoms with Gasteiger partial charge in [0, 0.05) is 31.5 Å². The summed E-state index contributed by atoms with van der Waals surface area (Å²) in [5, 5.41) is 0. The summed E-state index contributed by atoms with van der Waals surface area (Å²) in [6.45, 7) is 2.47. The van der Waals surface area contributed by atoms with Gasteiger partial charge in [-0.2, -0.15) is 0 Å². The zero-order valence-corrected chi connectivity index (χ0v) is 16.0. The number of carbonyl (C=O) groups excluding carboxylic acids is 1. The first kappa shape index (κ1) is 18.3. The van der Waals surface area contributed by atoms with Crippen molar-refractivity contribution >= 4 is 5.91 Å². The standard InChI is InChI=1S/C21H22FN5O/c1-14-24-17(13-18(25-14)20-23-9-11-26(20)2)19-8-3-4-10-27(19)21(28)15-6-5-7-16(22)12-15/h5-7,9,11-13,19H,3-4,8,10H2,1-2H3/t19-/m0/s1. The molecule has 0 radical (unpaired) electrons. The van der Waals surface area contributed by atoms with Crippen LogP contribution in [0.15, 0.2) is 42.7 Å². The van der Waals surface area contributed by atoms with Crippen molar-refractivity contribution in [3.8, 4) is 11.5 Å². The molecule has 1 atom stereocenters. The lowest BCUT2D eigenvalue weighted by atomic mass is 9.97. The highest BCUT2D eigenvalue weighted by Gasteiger charge is 2.30. The fourth-order valence-corrected chi connectivity index (χ4v) is 3.76. The van der Waals surface area contributed by atoms with E-state index in [1.54, 1.807) is 18.3 Å². The van der Waals surface area contributed by atoms with Gasteiger partial charge in [0.25, 0.3) is 5.91 Å². The van der Waals surface area contributed by atoms with Crippen LogP contribution < -0.4 is 0 Å². The Morgan fingerprint density at radius 1 is 1.21 bits per heavy atom. The summed E-state index contributed by atoms with van der Waals surface area (Å²) < 4.78 is 15.5. The molecule has 1 amide bonds. The van der Waals surface area contributed by atoms with Crippen molar-refractivity contribution < 1.29 is 9.18 Å². The van der Waals surface area contributed by atoms with Crippen LogP contribution in [0.4, 0.5) is 4.39 Å². The van der Waals surface area contributed by atoms with Crippen molar-refractivity contribution in [3.05, 3.63) is 65.6 Å². The van der Waals surface area contributed by atoms with Crippen LogP contribution in [-0.4, -0.2) is 36.9 Å². The predicted molar refractivity (Wildman–Crippen MR) is 103 cm³/mol. The molecular weight excluding hydrogens is 357 g/mol. The molecule has 2 aromatic heterocycles. The number of halogens is 1. The fraction of sp³-hybridized carbons (Fsp3) is 0.333. The Balaban J connectivity index is 1.71. The number of hydrogen-bond acceptors (Lipinski definition) is 4. The van der Waals surface area contributed by atoms with Gasteiger partial charge in [-0.1, -0.05) is 6.07 Å². The minimum Gasteiger partial charge on any atom is -0.333 e. The number of carbonyl (C=O) groups is 1. The third-order valence-electron chi connectivity index (χ3n) is 5.08. The Morgan fingerprint density at radius 3 is 2.82 bits per heavy atom. The molecule has 7 heteroatoms. The molecule has 1 aromatic carbocycles. The van der Waals surface area contributed by atoms with Gasteiger partial charge in [0.05, 0.1) is 11.7 Å². The molecule has 28 heavy (non-hydrogen) atoms. The monoisotopic (exact) mass is 379 g/mol. The summed E-state index contributed by atoms with van der Waals surface area (Å²) in [6, 6.07) is 7.61. The molecule has 1 fully saturated rings. The highest BCUT2D eigenvalue weighted by Crippen LogP contribution is 2.32. The van der Waals surface area contributed by atoms with E-state index in [4.69, 9.17) is 0 Å². The molecule has 0 N–H and O–H groups in total. The van der Waals surface area contributed by atoms with Gasteiger partial charge in [-0.25, -0.2) is 19.3 Å². The van der Waals surface area contributed by atoms with Crippen LogP contribution in [0, 0.1) is 12.7 Å². The van der Waals surface area contributed by atoms with Crippen LogP contribution in [0.1, 0.15) is 47.2 Å². The van der Waals surface area contributed by atoms with E-state index in [0.717, 1.165) is 36.5 Å². The largest absolute Gasteiger partial charge is 0.333 e. The molecule has 0 saturated carbocycles. The SMILES string of the molecule is Cc1nc(-c2nccn2C)cc([C@@H]2CCCCN2C(=O)c2cccc(F)c2)n1. The van der Waals surface area contributed by atoms with E-state index in [0.29, 0.717) is 17.9 Å². The molecule has 0 bridgehead atoms. The normalized spacial score (nSPS) is 17.0. The average Bonchev–Trinajstić information content (AvgIpc) is 3.13. The molecule has 3 aromatic rings. The van der Waals surface area contributed by atoms with Crippen LogP contribution >= 0.6 is 0 Å². The van der Waals surface area contributed by atoms with Crippen LogP contribution in [-0.2, 0) is 7.05 Å². The predicted octanol–water partition coefficient (Wildman–Crippen LogP) is 3.69. The minimum absolute atomic E-state index is 0.162. The van der Waals surface area contributed by atoms with Gasteiger partial charge in [-0.15, -0.1) is 0 Å². The number of piperidine rings is 1. The van der Waals surface area contributed by atoms with E-state index in [-0.39, 0.29) is 11.9 Å². The number of nitrogens with zero attached hydrogens (tertiary/aromatic N) is 5. The Hall–Kier alpha value is -3.09. The smallest absolute Gasteiger partial charge is 0.254 e. The minimum atomic E-state index is -0.408. The van der Waals surface area contributed by atoms with Crippen molar-refractivity contribution in [1.29, 1.82) is 0 Å². The summed E-state index contributed by atoms with van der Waals surface area (Å²) in [6.07, 6.45) is 6.35. The molecule has 0 unspecified atom stereocenters. The third-order valence-corrected chi connectivity index (χ3v) is 5.08. The van der Waals surface area contributed by atoms with Crippen LogP contribution in [0.5, 0.6) is 0 Å². The van der Waals surface area contributed by atoms with Crippen molar-refractivity contribution in [3.63, 3.8) is 0 Å². The molecule has 0 spiro atoms. The Bertz CT molecular complexity index is 1020. The van der Waals surface area contributed by atoms with Crippen molar-refractivity contribution in [1.82, 2.24) is 24.4 Å². The molecule has 3 heterocycles. The van der Waals surface area contributed by atoms with Crippen LogP contribution in [0.2, 0.25) is 0 Å². The van der Waals surface area contributed by atoms with Crippen molar-refractivity contribution in [2.24, 2.45) is 7.05 Å². The number of amides is 1. The summed E-state index contributed by atoms with van der Waals surface area (Å²) in [4.78, 5) is 28.4. The van der Waals surface area contributed by atoms with Crippen LogP contribution in [0.25, 0.3) is 11.5 Å². The van der Waals surface area contributed by atoms with Gasteiger partial charge in [0.15, 0.2) is 5.82 Å². The molecule has 1 aliphatic rings. The van der Waals surface area contributed by atoms with Gasteiger partial charge in [-0.05, 0) is 50.5 Å². The first-order valence-corrected chi connectivity index (χ1v) is 9.43. The van der Waals surface area contributed by atoms with E-state index >= 15 is 0 Å². The van der Waals surface area contributed by atoms with E-state index in [2.05, 4.69) is 15.0 Å². The second-order valence-corrected chi connectivity index (χ2v) is 7.11. The topological polar surface area (TPSA) is 63.9 Å². The highest BCUT2D eigenvalue weighted by molar-refractivity contribution is 5.94. The molecule has 6 nitrogen and oxygen atoms in total. The molecule has 1 aliphatic heterocycles. The molecule has 0 aliphatic carbocycles. The second-order valence-electron chi connectivity index (χ2n) is 7.11. The zero-order valence-electron chi connectivity index (χ0n) is 16.0. The lowest BCUT2D eigenvalue weighted by Gasteiger charge is -2.35. The number of likely N-dealkylation sites (tertiary alicyclic amines) is 1. The summed E-state index contributed by atoms with van der Waals surface area (Å²) in [5.74, 6) is 0.818. The third kappa shape index (κ3) is 3.52. The van der Waals surface area contributed by atoms with Gasteiger partial charge in [0.1, 0.15) is 17.3 Å². The van der Waals surface area contributed by atoms with Gasteiger partial charge < -0.3 is 9.47 Å². The van der Waals surface area contributed by atoms with Gasteiger partial charge >= 0.3 is 0 Å². The Kier molecular flexibility index (Phi) is 4.90. The van der Waals surface area contributed by atoms with E-state index in [9.17, 15) is 9.18 Å². The maximum absolute atomic E-state index is 13.6. The van der Waals surface area contributed by atoms with Crippen LogP contribution in [0.3, 0.4) is 0 Å². The van der Waals surface area contributed by atoms with E-state index < -0.39 is 5.82 Å². The lowest BCUT2D eigenvalue weighted by molar-refractivity contribution is 0.0605. The first-order valence-electron chi connectivity index (χ1n) is 9.43. The number of rotatable bonds is 3. The molecule has 1 saturated heterocycles. The van der Waals surface area contributed by atoms with Gasteiger partial charge in [0.2, 0.25) is 0 Å². The van der Waals surface area contributed by atoms with Gasteiger partial charge in [-0.3, -0.25) is 4.79 Å². The highest BCUT2D eigenvalue weighted by atomic mass is 19.1. The summed E-state index contributed by atoms with van der Waals surface area (Å²) >= 11 is 0. The van der Waals surface area contributed by atoms with E-state index in [1.807, 2.05) is 35.7 Å². The maximum Gasteiger partial charge on any atom is 0.254 e. The Labute approximate surface area is 163 Å². The first-order chi connectivity index (χ1) is 13.5. The van der Waals surface area contributed by atoms with E-state index in [1.165, 1.54) is 12.1 Å². The number of aromatic nitrogens is 4. The number of benzene rings is 1. The number of hydrogen-bond donors (Lipinski definition) is 0. The molecule has 144 valence electrons. The summed E-state index contributed by atoms with van der Waals surface area (Å²) in [5.41, 5.74) is 1.90. The zero-order chi connectivity index (χ0) is 19.7. The van der Waals surface area contributed by atoms with Crippen molar-refractivity contribution in [2.45, 2.75) is 32.2 Å². The average molecular weight is 379 g/mol. The number of aryl methyl sites for hydroxylation is 2. The maximum atomic E-state index is 13.6. The Morgan fingerprint density at radius 2 is 2.07 bits per heavy atom.